The van der Waals surface area contributed by atoms with Crippen molar-refractivity contribution in [1.82, 2.24) is 21.3 Å². The normalized spacial score (nSPS) is 14.0. The van der Waals surface area contributed by atoms with Gasteiger partial charge in [-0.25, -0.2) is 9.59 Å². The minimum Gasteiger partial charge on any atom is -0.368 e. The summed E-state index contributed by atoms with van der Waals surface area (Å²) in [7, 11) is 0. The second-order valence-electron chi connectivity index (χ2n) is 19.0. The molecule has 4 aliphatic heterocycles. The van der Waals surface area contributed by atoms with Crippen molar-refractivity contribution in [2.75, 3.05) is 94.9 Å². The Morgan fingerprint density at radius 2 is 0.549 bits per heavy atom. The van der Waals surface area contributed by atoms with Crippen molar-refractivity contribution in [3.05, 3.63) is 202 Å². The van der Waals surface area contributed by atoms with E-state index in [0.29, 0.717) is 60.3 Å². The molecule has 22 nitrogen and oxygen atoms in total. The van der Waals surface area contributed by atoms with Crippen LogP contribution in [0.2, 0.25) is 0 Å². The number of benzene rings is 7. The second kappa shape index (κ2) is 24.2. The Kier molecular flexibility index (Phi) is 15.6. The van der Waals surface area contributed by atoms with E-state index in [1.807, 2.05) is 48.5 Å². The van der Waals surface area contributed by atoms with Crippen LogP contribution >= 0.6 is 0 Å². The topological polar surface area (TPSA) is 296 Å². The van der Waals surface area contributed by atoms with Crippen LogP contribution in [0.15, 0.2) is 178 Å². The summed E-state index contributed by atoms with van der Waals surface area (Å²) in [6, 6.07) is 42.2. The summed E-state index contributed by atoms with van der Waals surface area (Å²) < 4.78 is 0. The smallest absolute Gasteiger partial charge is 0.323 e. The molecule has 22 heteroatoms. The highest BCUT2D eigenvalue weighted by Gasteiger charge is 2.22. The number of hydrogen-bond donors (Lipinski definition) is 12. The molecule has 0 spiro atoms. The van der Waals surface area contributed by atoms with Crippen LogP contribution in [0.3, 0.4) is 0 Å². The lowest BCUT2D eigenvalue weighted by Crippen LogP contribution is -2.24. The van der Waals surface area contributed by atoms with E-state index < -0.39 is 35.7 Å². The Morgan fingerprint density at radius 1 is 0.293 bits per heavy atom. The number of hydrogen-bond acceptors (Lipinski definition) is 14. The fourth-order valence-corrected chi connectivity index (χ4v) is 9.19. The van der Waals surface area contributed by atoms with Gasteiger partial charge < -0.3 is 63.8 Å². The number of amides is 8. The molecule has 8 amide bonds. The molecule has 0 unspecified atom stereocenters. The van der Waals surface area contributed by atoms with Crippen LogP contribution in [0, 0.1) is 0 Å². The van der Waals surface area contributed by atoms with E-state index in [4.69, 9.17) is 0 Å². The molecule has 0 fully saturated rings. The van der Waals surface area contributed by atoms with Crippen LogP contribution in [0.25, 0.3) is 0 Å². The first-order valence-electron chi connectivity index (χ1n) is 26.4. The maximum atomic E-state index is 13.9. The van der Waals surface area contributed by atoms with Crippen LogP contribution in [0.4, 0.5) is 55.1 Å². The van der Waals surface area contributed by atoms with Crippen molar-refractivity contribution < 1.29 is 28.8 Å². The fraction of sp³-hybridized carbons (Fsp3) is 0.133. The minimum absolute atomic E-state index is 0.0426. The first kappa shape index (κ1) is 52.9. The van der Waals surface area contributed by atoms with Gasteiger partial charge in [0.25, 0.3) is 23.6 Å². The third kappa shape index (κ3) is 12.9. The molecule has 4 aliphatic rings. The molecule has 0 aliphatic carbocycles. The number of anilines is 8. The number of aliphatic imine (C=N–C) groups is 4. The van der Waals surface area contributed by atoms with Gasteiger partial charge in [-0.1, -0.05) is 0 Å². The number of amidine groups is 4. The van der Waals surface area contributed by atoms with Gasteiger partial charge in [-0.05, 0) is 158 Å². The lowest BCUT2D eigenvalue weighted by Gasteiger charge is -2.15. The van der Waals surface area contributed by atoms with E-state index in [1.165, 1.54) is 36.4 Å². The standard InChI is InChI=1S/C60H54N16O6/c77-55(69-41-11-1-35(2-12-41)51-61-25-26-62-51)39-9-23-47(57(79)71-43-15-5-37(6-16-43)53-65-29-30-66-53)49(33-39)75-59(81)73-45-19-21-46(22-20-45)74-60(82)76-50-34-40(56(78)70-42-13-3-36(4-14-42)52-63-27-28-64-52)10-24-48(50)58(80)72-44-17-7-38(8-18-44)54-67-31-32-68-54/h1-24,33-34H,25-32H2,(H,61,62)(H,63,64)(H,65,66)(H,67,68)(H,69,77)(H,70,78)(H,71,79)(H,72,80)(H2,73,75,81)(H2,74,76,82). The van der Waals surface area contributed by atoms with Gasteiger partial charge in [0.1, 0.15) is 23.3 Å². The molecule has 0 radical (unpaired) electrons. The van der Waals surface area contributed by atoms with Crippen LogP contribution in [-0.4, -0.2) is 111 Å². The van der Waals surface area contributed by atoms with Gasteiger partial charge >= 0.3 is 12.1 Å². The van der Waals surface area contributed by atoms with Crippen LogP contribution in [0.1, 0.15) is 63.7 Å². The number of carbonyl (C=O) groups is 6. The van der Waals surface area contributed by atoms with Gasteiger partial charge in [-0.15, -0.1) is 0 Å². The molecule has 11 rings (SSSR count). The summed E-state index contributed by atoms with van der Waals surface area (Å²) in [6.45, 7) is 5.75. The second-order valence-corrected chi connectivity index (χ2v) is 19.0. The highest BCUT2D eigenvalue weighted by Crippen LogP contribution is 2.26. The first-order valence-corrected chi connectivity index (χ1v) is 26.4. The molecular formula is C60H54N16O6. The van der Waals surface area contributed by atoms with E-state index in [1.54, 1.807) is 72.8 Å². The van der Waals surface area contributed by atoms with Crippen LogP contribution < -0.4 is 63.8 Å². The zero-order valence-electron chi connectivity index (χ0n) is 43.9. The Bertz CT molecular complexity index is 3500. The van der Waals surface area contributed by atoms with E-state index in [0.717, 1.165) is 71.8 Å². The van der Waals surface area contributed by atoms with E-state index in [2.05, 4.69) is 83.8 Å². The lowest BCUT2D eigenvalue weighted by atomic mass is 10.1. The average molecular weight is 1100 g/mol. The molecule has 0 aromatic heterocycles. The SMILES string of the molecule is O=C(Nc1ccc(NC(=O)Nc2cc(C(=O)Nc3ccc(C4=NCCN4)cc3)ccc2C(=O)Nc2ccc(C3=NCCN3)cc2)cc1)Nc1cc(C(=O)Nc2ccc(C3=NCCN3)cc2)ccc1C(=O)Nc1ccc(C2=NCCN2)cc1. The summed E-state index contributed by atoms with van der Waals surface area (Å²) in [6.07, 6.45) is 0. The maximum absolute atomic E-state index is 13.9. The van der Waals surface area contributed by atoms with Gasteiger partial charge in [-0.2, -0.15) is 0 Å². The average Bonchev–Trinajstić information content (AvgIpc) is 4.47. The molecule has 4 heterocycles. The molecular weight excluding hydrogens is 1040 g/mol. The molecule has 410 valence electrons. The molecule has 82 heavy (non-hydrogen) atoms. The van der Waals surface area contributed by atoms with Gasteiger partial charge in [0.05, 0.1) is 48.7 Å². The fourth-order valence-electron chi connectivity index (χ4n) is 9.19. The van der Waals surface area contributed by atoms with E-state index >= 15 is 0 Å². The molecule has 0 bridgehead atoms. The third-order valence-corrected chi connectivity index (χ3v) is 13.3. The summed E-state index contributed by atoms with van der Waals surface area (Å²) in [5.74, 6) is 1.05. The zero-order chi connectivity index (χ0) is 56.4. The molecule has 0 atom stereocenters. The van der Waals surface area contributed by atoms with E-state index in [9.17, 15) is 28.8 Å². The van der Waals surface area contributed by atoms with Crippen LogP contribution in [0.5, 0.6) is 0 Å². The Morgan fingerprint density at radius 3 is 0.817 bits per heavy atom. The molecule has 7 aromatic rings. The lowest BCUT2D eigenvalue weighted by molar-refractivity contribution is 0.101. The predicted octanol–water partition coefficient (Wildman–Crippen LogP) is 7.38. The highest BCUT2D eigenvalue weighted by atomic mass is 16.2. The third-order valence-electron chi connectivity index (χ3n) is 13.3. The van der Waals surface area contributed by atoms with Gasteiger partial charge in [-0.3, -0.25) is 39.1 Å². The number of nitrogens with zero attached hydrogens (tertiary/aromatic N) is 4. The summed E-state index contributed by atoms with van der Waals surface area (Å²) in [5.41, 5.74) is 6.72. The Labute approximate surface area is 469 Å². The monoisotopic (exact) mass is 1090 g/mol. The van der Waals surface area contributed by atoms with Crippen LogP contribution in [-0.2, 0) is 0 Å². The molecule has 0 saturated heterocycles. The maximum Gasteiger partial charge on any atom is 0.323 e. The summed E-state index contributed by atoms with van der Waals surface area (Å²) >= 11 is 0. The van der Waals surface area contributed by atoms with Crippen molar-refractivity contribution in [3.63, 3.8) is 0 Å². The summed E-state index contributed by atoms with van der Waals surface area (Å²) in [4.78, 5) is 100. The van der Waals surface area contributed by atoms with Crippen molar-refractivity contribution in [2.24, 2.45) is 20.0 Å². The summed E-state index contributed by atoms with van der Waals surface area (Å²) in [5, 5.41) is 35.3. The number of carbonyl (C=O) groups excluding carboxylic acids is 6. The van der Waals surface area contributed by atoms with Crippen molar-refractivity contribution >= 4 is 105 Å². The molecule has 12 N–H and O–H groups in total. The number of rotatable bonds is 16. The largest absolute Gasteiger partial charge is 0.368 e. The van der Waals surface area contributed by atoms with Gasteiger partial charge in [0.2, 0.25) is 0 Å². The zero-order valence-corrected chi connectivity index (χ0v) is 43.9. The Balaban J connectivity index is 0.767. The minimum atomic E-state index is -0.738. The number of nitrogens with one attached hydrogen (secondary N) is 12. The van der Waals surface area contributed by atoms with Gasteiger partial charge in [0.15, 0.2) is 0 Å². The predicted molar refractivity (Wildman–Crippen MR) is 320 cm³/mol. The first-order chi connectivity index (χ1) is 40.0. The molecule has 7 aromatic carbocycles. The van der Waals surface area contributed by atoms with Crippen molar-refractivity contribution in [3.8, 4) is 0 Å². The number of urea groups is 2. The van der Waals surface area contributed by atoms with Gasteiger partial charge in [0, 0.05) is 93.7 Å². The van der Waals surface area contributed by atoms with E-state index in [-0.39, 0.29) is 33.6 Å². The van der Waals surface area contributed by atoms with Crippen molar-refractivity contribution in [2.45, 2.75) is 0 Å². The highest BCUT2D eigenvalue weighted by molar-refractivity contribution is 6.16. The molecule has 0 saturated carbocycles. The Hall–Kier alpha value is -11.2. The van der Waals surface area contributed by atoms with Crippen molar-refractivity contribution in [1.29, 1.82) is 0 Å². The quantitative estimate of drug-likeness (QED) is 0.0456.